The predicted molar refractivity (Wildman–Crippen MR) is 101 cm³/mol. The lowest BCUT2D eigenvalue weighted by molar-refractivity contribution is -0.136. The summed E-state index contributed by atoms with van der Waals surface area (Å²) in [6.45, 7) is 1.90. The second kappa shape index (κ2) is 8.75. The lowest BCUT2D eigenvalue weighted by Gasteiger charge is -2.26. The number of nitrogens with zero attached hydrogens (tertiary/aromatic N) is 3. The van der Waals surface area contributed by atoms with E-state index >= 15 is 0 Å². The van der Waals surface area contributed by atoms with Crippen molar-refractivity contribution in [3.8, 4) is 28.5 Å². The number of ether oxygens (including phenoxy) is 4. The van der Waals surface area contributed by atoms with Crippen LogP contribution in [0, 0.1) is 0 Å². The molecule has 1 aromatic heterocycles. The summed E-state index contributed by atoms with van der Waals surface area (Å²) in [4.78, 5) is 26.3. The summed E-state index contributed by atoms with van der Waals surface area (Å²) in [5.41, 5.74) is 0.827. The second-order valence-electron chi connectivity index (χ2n) is 6.12. The molecule has 0 bridgehead atoms. The van der Waals surface area contributed by atoms with Crippen molar-refractivity contribution in [3.05, 3.63) is 34.6 Å². The molecule has 1 aromatic carbocycles. The van der Waals surface area contributed by atoms with Crippen molar-refractivity contribution in [1.82, 2.24) is 14.7 Å². The summed E-state index contributed by atoms with van der Waals surface area (Å²) in [5.74, 6) is 1.24. The number of rotatable bonds is 6. The highest BCUT2D eigenvalue weighted by Gasteiger charge is 2.19. The van der Waals surface area contributed by atoms with Crippen molar-refractivity contribution in [2.24, 2.45) is 0 Å². The van der Waals surface area contributed by atoms with E-state index in [0.717, 1.165) is 4.68 Å². The Hall–Kier alpha value is -3.07. The van der Waals surface area contributed by atoms with Crippen molar-refractivity contribution >= 4 is 5.91 Å². The molecule has 3 rings (SSSR count). The van der Waals surface area contributed by atoms with Crippen molar-refractivity contribution < 1.29 is 23.7 Å². The van der Waals surface area contributed by atoms with Gasteiger partial charge in [-0.25, -0.2) is 4.68 Å². The molecule has 9 nitrogen and oxygen atoms in total. The van der Waals surface area contributed by atoms with Crippen molar-refractivity contribution in [2.75, 3.05) is 47.6 Å². The average Bonchev–Trinajstić information content (AvgIpc) is 2.74. The molecule has 0 saturated carbocycles. The number of carbonyl (C=O) groups excluding carboxylic acids is 1. The number of amides is 1. The van der Waals surface area contributed by atoms with Gasteiger partial charge >= 0.3 is 0 Å². The van der Waals surface area contributed by atoms with Crippen LogP contribution in [-0.4, -0.2) is 68.2 Å². The zero-order valence-electron chi connectivity index (χ0n) is 16.1. The molecule has 1 aliphatic heterocycles. The van der Waals surface area contributed by atoms with E-state index in [0.29, 0.717) is 54.8 Å². The summed E-state index contributed by atoms with van der Waals surface area (Å²) in [6, 6.07) is 6.46. The number of morpholine rings is 1. The van der Waals surface area contributed by atoms with Gasteiger partial charge in [0.05, 0.1) is 40.2 Å². The number of benzene rings is 1. The third kappa shape index (κ3) is 4.09. The first-order chi connectivity index (χ1) is 13.6. The Morgan fingerprint density at radius 2 is 1.71 bits per heavy atom. The Morgan fingerprint density at radius 3 is 2.29 bits per heavy atom. The van der Waals surface area contributed by atoms with Crippen LogP contribution >= 0.6 is 0 Å². The number of hydrogen-bond acceptors (Lipinski definition) is 7. The van der Waals surface area contributed by atoms with Crippen molar-refractivity contribution in [2.45, 2.75) is 6.54 Å². The third-order valence-corrected chi connectivity index (χ3v) is 4.48. The minimum absolute atomic E-state index is 0.128. The molecule has 2 heterocycles. The van der Waals surface area contributed by atoms with Gasteiger partial charge in [0.2, 0.25) is 11.7 Å². The van der Waals surface area contributed by atoms with Crippen LogP contribution in [0.2, 0.25) is 0 Å². The normalized spacial score (nSPS) is 13.9. The van der Waals surface area contributed by atoms with Gasteiger partial charge in [-0.3, -0.25) is 9.59 Å². The fourth-order valence-corrected chi connectivity index (χ4v) is 2.99. The van der Waals surface area contributed by atoms with Crippen LogP contribution in [0.25, 0.3) is 11.3 Å². The number of carbonyl (C=O) groups is 1. The largest absolute Gasteiger partial charge is 0.493 e. The van der Waals surface area contributed by atoms with E-state index in [2.05, 4.69) is 5.10 Å². The van der Waals surface area contributed by atoms with Crippen molar-refractivity contribution in [3.63, 3.8) is 0 Å². The Bertz CT molecular complexity index is 880. The molecule has 1 aliphatic rings. The molecule has 28 heavy (non-hydrogen) atoms. The summed E-state index contributed by atoms with van der Waals surface area (Å²) in [7, 11) is 4.57. The lowest BCUT2D eigenvalue weighted by Crippen LogP contribution is -2.43. The van der Waals surface area contributed by atoms with Gasteiger partial charge in [0.1, 0.15) is 6.54 Å². The van der Waals surface area contributed by atoms with Gasteiger partial charge in [0.25, 0.3) is 5.56 Å². The van der Waals surface area contributed by atoms with Gasteiger partial charge in [-0.1, -0.05) is 0 Å². The standard InChI is InChI=1S/C19H23N3O6/c1-25-15-10-13(11-16(26-2)19(15)27-3)14-4-5-17(23)22(20-14)12-18(24)21-6-8-28-9-7-21/h4-5,10-11H,6-9,12H2,1-3H3. The van der Waals surface area contributed by atoms with Gasteiger partial charge in [-0.05, 0) is 18.2 Å². The minimum Gasteiger partial charge on any atom is -0.493 e. The Labute approximate surface area is 162 Å². The molecule has 2 aromatic rings. The quantitative estimate of drug-likeness (QED) is 0.721. The molecule has 150 valence electrons. The molecular weight excluding hydrogens is 366 g/mol. The van der Waals surface area contributed by atoms with Crippen LogP contribution in [0.15, 0.2) is 29.1 Å². The average molecular weight is 389 g/mol. The number of hydrogen-bond donors (Lipinski definition) is 0. The fraction of sp³-hybridized carbons (Fsp3) is 0.421. The number of aromatic nitrogens is 2. The number of methoxy groups -OCH3 is 3. The van der Waals surface area contributed by atoms with Gasteiger partial charge in [0.15, 0.2) is 11.5 Å². The molecular formula is C19H23N3O6. The highest BCUT2D eigenvalue weighted by molar-refractivity contribution is 5.76. The van der Waals surface area contributed by atoms with Gasteiger partial charge < -0.3 is 23.8 Å². The fourth-order valence-electron chi connectivity index (χ4n) is 2.99. The topological polar surface area (TPSA) is 92.1 Å². The molecule has 0 spiro atoms. The van der Waals surface area contributed by atoms with Crippen LogP contribution in [0.4, 0.5) is 0 Å². The van der Waals surface area contributed by atoms with Gasteiger partial charge in [0, 0.05) is 24.7 Å². The maximum Gasteiger partial charge on any atom is 0.267 e. The van der Waals surface area contributed by atoms with E-state index in [9.17, 15) is 9.59 Å². The van der Waals surface area contributed by atoms with Crippen LogP contribution in [0.3, 0.4) is 0 Å². The Kier molecular flexibility index (Phi) is 6.15. The molecule has 0 N–H and O–H groups in total. The summed E-state index contributed by atoms with van der Waals surface area (Å²) in [5, 5.41) is 4.36. The maximum absolute atomic E-state index is 12.5. The Balaban J connectivity index is 1.92. The van der Waals surface area contributed by atoms with Gasteiger partial charge in [-0.2, -0.15) is 5.10 Å². The first-order valence-corrected chi connectivity index (χ1v) is 8.81. The molecule has 0 atom stereocenters. The SMILES string of the molecule is COc1cc(-c2ccc(=O)n(CC(=O)N3CCOCC3)n2)cc(OC)c1OC. The summed E-state index contributed by atoms with van der Waals surface area (Å²) >= 11 is 0. The molecule has 1 amide bonds. The monoisotopic (exact) mass is 389 g/mol. The van der Waals surface area contributed by atoms with E-state index in [1.807, 2.05) is 0 Å². The minimum atomic E-state index is -0.349. The molecule has 0 unspecified atom stereocenters. The maximum atomic E-state index is 12.5. The first kappa shape index (κ1) is 19.7. The van der Waals surface area contributed by atoms with Gasteiger partial charge in [-0.15, -0.1) is 0 Å². The summed E-state index contributed by atoms with van der Waals surface area (Å²) in [6.07, 6.45) is 0. The van der Waals surface area contributed by atoms with E-state index in [4.69, 9.17) is 18.9 Å². The van der Waals surface area contributed by atoms with Crippen molar-refractivity contribution in [1.29, 1.82) is 0 Å². The zero-order valence-corrected chi connectivity index (χ0v) is 16.1. The van der Waals surface area contributed by atoms with E-state index in [1.54, 1.807) is 23.1 Å². The third-order valence-electron chi connectivity index (χ3n) is 4.48. The van der Waals surface area contributed by atoms with Crippen LogP contribution in [-0.2, 0) is 16.1 Å². The smallest absolute Gasteiger partial charge is 0.267 e. The highest BCUT2D eigenvalue weighted by Crippen LogP contribution is 2.40. The van der Waals surface area contributed by atoms with E-state index in [1.165, 1.54) is 27.4 Å². The molecule has 9 heteroatoms. The first-order valence-electron chi connectivity index (χ1n) is 8.81. The van der Waals surface area contributed by atoms with Crippen LogP contribution in [0.5, 0.6) is 17.2 Å². The molecule has 0 aliphatic carbocycles. The highest BCUT2D eigenvalue weighted by atomic mass is 16.5. The van der Waals surface area contributed by atoms with Crippen LogP contribution in [0.1, 0.15) is 0 Å². The lowest BCUT2D eigenvalue weighted by atomic mass is 10.1. The summed E-state index contributed by atoms with van der Waals surface area (Å²) < 4.78 is 22.5. The van der Waals surface area contributed by atoms with E-state index in [-0.39, 0.29) is 18.0 Å². The zero-order chi connectivity index (χ0) is 20.1. The predicted octanol–water partition coefficient (Wildman–Crippen LogP) is 0.795. The Morgan fingerprint density at radius 1 is 1.07 bits per heavy atom. The molecule has 1 fully saturated rings. The molecule has 1 saturated heterocycles. The van der Waals surface area contributed by atoms with E-state index < -0.39 is 0 Å². The second-order valence-corrected chi connectivity index (χ2v) is 6.12. The van der Waals surface area contributed by atoms with Crippen LogP contribution < -0.4 is 19.8 Å². The molecule has 0 radical (unpaired) electrons.